The highest BCUT2D eigenvalue weighted by Crippen LogP contribution is 2.65. The SMILES string of the molecule is O=C(Nc1ccc(F)c(NC(=O)C(F)(F)C(F)(F)C(F)(F)F)c1F)c1cc(NC(=O)C2C(c3cc(C(F)(F)F)cc(C(F)(F)F)c3)C2(Cl)Cl)ccc1Cl. The second-order valence-corrected chi connectivity index (χ2v) is 12.8. The minimum atomic E-state index is -7.00. The first-order valence-electron chi connectivity index (χ1n) is 13.6. The summed E-state index contributed by atoms with van der Waals surface area (Å²) in [5.41, 5.74) is -8.40. The number of alkyl halides is 15. The normalized spacial score (nSPS) is 17.6. The second kappa shape index (κ2) is 13.6. The molecule has 0 heterocycles. The van der Waals surface area contributed by atoms with Gasteiger partial charge in [0.2, 0.25) is 5.91 Å². The molecule has 1 aliphatic rings. The van der Waals surface area contributed by atoms with Crippen molar-refractivity contribution >= 4 is 69.6 Å². The van der Waals surface area contributed by atoms with Gasteiger partial charge in [-0.3, -0.25) is 14.4 Å². The molecule has 0 radical (unpaired) electrons. The zero-order valence-corrected chi connectivity index (χ0v) is 27.1. The average Bonchev–Trinajstić information content (AvgIpc) is 3.61. The van der Waals surface area contributed by atoms with E-state index in [0.717, 1.165) is 18.2 Å². The first-order valence-corrected chi connectivity index (χ1v) is 14.8. The van der Waals surface area contributed by atoms with E-state index in [1.807, 2.05) is 0 Å². The van der Waals surface area contributed by atoms with Gasteiger partial charge in [0, 0.05) is 11.6 Å². The van der Waals surface area contributed by atoms with Crippen molar-refractivity contribution in [2.45, 2.75) is 40.6 Å². The molecule has 3 amide bonds. The number of anilines is 3. The number of nitrogens with one attached hydrogen (secondary N) is 3. The Morgan fingerprint density at radius 2 is 1.25 bits per heavy atom. The van der Waals surface area contributed by atoms with E-state index in [-0.39, 0.29) is 17.8 Å². The molecule has 0 aliphatic heterocycles. The monoisotopic (exact) mass is 841 g/mol. The highest BCUT2D eigenvalue weighted by Gasteiger charge is 2.76. The number of benzene rings is 3. The van der Waals surface area contributed by atoms with Crippen molar-refractivity contribution in [3.8, 4) is 0 Å². The van der Waals surface area contributed by atoms with Gasteiger partial charge in [0.25, 0.3) is 5.91 Å². The Labute approximate surface area is 299 Å². The summed E-state index contributed by atoms with van der Waals surface area (Å²) in [6, 6.07) is 3.71. The topological polar surface area (TPSA) is 87.3 Å². The first kappa shape index (κ1) is 41.6. The molecule has 1 saturated carbocycles. The van der Waals surface area contributed by atoms with Crippen molar-refractivity contribution in [2.24, 2.45) is 5.92 Å². The Morgan fingerprint density at radius 3 is 1.75 bits per heavy atom. The Hall–Kier alpha value is -4.11. The standard InChI is InChI=1S/C29H13Cl3F15N3O3/c30-14-2-1-12(48-22(52)18-17(24(18,31)32)9-5-10(26(37,38)39)7-11(6-9)27(40,41)42)8-13(14)21(51)49-16-4-3-15(33)20(19(16)34)50-23(53)25(35,36)28(43,44)29(45,46)47/h1-8,17-18H,(H,48,52)(H,49,51)(H,50,53). The van der Waals surface area contributed by atoms with E-state index in [4.69, 9.17) is 34.8 Å². The van der Waals surface area contributed by atoms with Gasteiger partial charge in [-0.2, -0.15) is 57.1 Å². The molecule has 0 saturated heterocycles. The summed E-state index contributed by atoms with van der Waals surface area (Å²) in [5.74, 6) is -27.2. The third-order valence-corrected chi connectivity index (χ3v) is 8.67. The fourth-order valence-corrected chi connectivity index (χ4v) is 5.72. The van der Waals surface area contributed by atoms with Crippen LogP contribution in [0.3, 0.4) is 0 Å². The van der Waals surface area contributed by atoms with Crippen molar-refractivity contribution in [3.63, 3.8) is 0 Å². The third-order valence-electron chi connectivity index (χ3n) is 7.40. The maximum Gasteiger partial charge on any atom is 0.460 e. The molecule has 3 aromatic rings. The number of halogens is 18. The molecule has 288 valence electrons. The van der Waals surface area contributed by atoms with Gasteiger partial charge in [0.05, 0.1) is 33.3 Å². The van der Waals surface area contributed by atoms with Crippen LogP contribution in [0.15, 0.2) is 48.5 Å². The van der Waals surface area contributed by atoms with Crippen LogP contribution < -0.4 is 16.0 Å². The fourth-order valence-electron chi connectivity index (χ4n) is 4.69. The summed E-state index contributed by atoms with van der Waals surface area (Å²) >= 11 is 18.1. The molecule has 3 N–H and O–H groups in total. The molecule has 4 rings (SSSR count). The van der Waals surface area contributed by atoms with Crippen molar-refractivity contribution < 1.29 is 80.2 Å². The summed E-state index contributed by atoms with van der Waals surface area (Å²) in [5, 5.41) is 3.96. The Balaban J connectivity index is 1.56. The molecule has 53 heavy (non-hydrogen) atoms. The van der Waals surface area contributed by atoms with Crippen molar-refractivity contribution in [2.75, 3.05) is 16.0 Å². The van der Waals surface area contributed by atoms with Gasteiger partial charge in [-0.25, -0.2) is 8.78 Å². The van der Waals surface area contributed by atoms with E-state index in [0.29, 0.717) is 23.5 Å². The van der Waals surface area contributed by atoms with E-state index < -0.39 is 115 Å². The minimum Gasteiger partial charge on any atom is -0.326 e. The number of hydrogen-bond acceptors (Lipinski definition) is 3. The molecule has 2 unspecified atom stereocenters. The molecule has 0 aromatic heterocycles. The maximum absolute atomic E-state index is 15.0. The lowest BCUT2D eigenvalue weighted by atomic mass is 10.0. The first-order chi connectivity index (χ1) is 23.9. The van der Waals surface area contributed by atoms with Crippen molar-refractivity contribution in [1.29, 1.82) is 0 Å². The summed E-state index contributed by atoms with van der Waals surface area (Å²) in [4.78, 5) is 37.6. The summed E-state index contributed by atoms with van der Waals surface area (Å²) in [7, 11) is 0. The molecule has 2 atom stereocenters. The maximum atomic E-state index is 15.0. The Kier molecular flexibility index (Phi) is 10.7. The summed E-state index contributed by atoms with van der Waals surface area (Å²) in [6.07, 6.45) is -17.5. The van der Waals surface area contributed by atoms with Crippen LogP contribution in [0.5, 0.6) is 0 Å². The Bertz CT molecular complexity index is 1950. The number of carbonyl (C=O) groups is 3. The molecular formula is C29H13Cl3F15N3O3. The van der Waals surface area contributed by atoms with Gasteiger partial charge in [-0.05, 0) is 54.1 Å². The van der Waals surface area contributed by atoms with Crippen LogP contribution in [-0.2, 0) is 21.9 Å². The predicted molar refractivity (Wildman–Crippen MR) is 156 cm³/mol. The summed E-state index contributed by atoms with van der Waals surface area (Å²) in [6.45, 7) is 0. The molecule has 1 aliphatic carbocycles. The molecular weight excluding hydrogens is 830 g/mol. The number of amides is 3. The van der Waals surface area contributed by atoms with E-state index in [9.17, 15) is 75.8 Å². The van der Waals surface area contributed by atoms with Gasteiger partial charge in [-0.1, -0.05) is 11.6 Å². The zero-order chi connectivity index (χ0) is 40.4. The van der Waals surface area contributed by atoms with E-state index in [1.54, 1.807) is 5.32 Å². The largest absolute Gasteiger partial charge is 0.460 e. The van der Waals surface area contributed by atoms with Crippen LogP contribution in [0.2, 0.25) is 5.02 Å². The minimum absolute atomic E-state index is 0.168. The van der Waals surface area contributed by atoms with Crippen molar-refractivity contribution in [3.05, 3.63) is 87.4 Å². The molecule has 0 bridgehead atoms. The van der Waals surface area contributed by atoms with Crippen LogP contribution in [-0.4, -0.2) is 40.1 Å². The lowest BCUT2D eigenvalue weighted by Gasteiger charge is -2.27. The molecule has 6 nitrogen and oxygen atoms in total. The third kappa shape index (κ3) is 8.06. The lowest BCUT2D eigenvalue weighted by Crippen LogP contribution is -2.57. The van der Waals surface area contributed by atoms with Crippen LogP contribution in [0.1, 0.15) is 33.0 Å². The van der Waals surface area contributed by atoms with Crippen LogP contribution >= 0.6 is 34.8 Å². The highest BCUT2D eigenvalue weighted by molar-refractivity contribution is 6.53. The van der Waals surface area contributed by atoms with Gasteiger partial charge in [0.1, 0.15) is 15.8 Å². The van der Waals surface area contributed by atoms with Gasteiger partial charge < -0.3 is 16.0 Å². The molecule has 0 spiro atoms. The number of hydrogen-bond donors (Lipinski definition) is 3. The number of carbonyl (C=O) groups excluding carboxylic acids is 3. The quantitative estimate of drug-likeness (QED) is 0.156. The Morgan fingerprint density at radius 1 is 0.698 bits per heavy atom. The smallest absolute Gasteiger partial charge is 0.326 e. The van der Waals surface area contributed by atoms with Gasteiger partial charge in [0.15, 0.2) is 5.82 Å². The van der Waals surface area contributed by atoms with E-state index >= 15 is 4.39 Å². The molecule has 3 aromatic carbocycles. The number of rotatable bonds is 8. The highest BCUT2D eigenvalue weighted by atomic mass is 35.5. The van der Waals surface area contributed by atoms with Gasteiger partial charge >= 0.3 is 36.3 Å². The second-order valence-electron chi connectivity index (χ2n) is 11.0. The van der Waals surface area contributed by atoms with Gasteiger partial charge in [-0.15, -0.1) is 23.2 Å². The van der Waals surface area contributed by atoms with E-state index in [2.05, 4.69) is 5.32 Å². The molecule has 24 heteroatoms. The van der Waals surface area contributed by atoms with Crippen LogP contribution in [0.4, 0.5) is 82.9 Å². The summed E-state index contributed by atoms with van der Waals surface area (Å²) < 4.78 is 198. The molecule has 1 fully saturated rings. The van der Waals surface area contributed by atoms with Crippen LogP contribution in [0.25, 0.3) is 0 Å². The zero-order valence-electron chi connectivity index (χ0n) is 24.8. The lowest BCUT2D eigenvalue weighted by molar-refractivity contribution is -0.343. The van der Waals surface area contributed by atoms with Crippen molar-refractivity contribution in [1.82, 2.24) is 0 Å². The average molecular weight is 843 g/mol. The fraction of sp³-hybridized carbons (Fsp3) is 0.276. The van der Waals surface area contributed by atoms with Crippen LogP contribution in [0, 0.1) is 17.6 Å². The van der Waals surface area contributed by atoms with E-state index in [1.165, 1.54) is 0 Å². The predicted octanol–water partition coefficient (Wildman–Crippen LogP) is 10.2.